The average Bonchev–Trinajstić information content (AvgIpc) is 3.05. The zero-order chi connectivity index (χ0) is 16.1. The summed E-state index contributed by atoms with van der Waals surface area (Å²) in [6, 6.07) is 11.0. The van der Waals surface area contributed by atoms with Gasteiger partial charge < -0.3 is 4.74 Å². The first-order chi connectivity index (χ1) is 11.3. The maximum absolute atomic E-state index is 12.4. The van der Waals surface area contributed by atoms with Crippen molar-refractivity contribution in [3.63, 3.8) is 0 Å². The lowest BCUT2D eigenvalue weighted by atomic mass is 10.2. The Labute approximate surface area is 138 Å². The fourth-order valence-electron chi connectivity index (χ4n) is 2.07. The number of pyridine rings is 1. The molecule has 0 unspecified atom stereocenters. The molecule has 5 nitrogen and oxygen atoms in total. The molecular weight excluding hydrogens is 310 g/mol. The van der Waals surface area contributed by atoms with Crippen LogP contribution in [0.1, 0.15) is 17.3 Å². The van der Waals surface area contributed by atoms with E-state index in [9.17, 15) is 4.79 Å². The number of carbonyl (C=O) groups is 1. The molecule has 0 bridgehead atoms. The molecule has 0 spiro atoms. The molecule has 0 fully saturated rings. The Morgan fingerprint density at radius 2 is 2.09 bits per heavy atom. The minimum Gasteiger partial charge on any atom is -0.493 e. The molecule has 0 radical (unpaired) electrons. The number of nitrogens with zero attached hydrogens (tertiary/aromatic N) is 2. The third-order valence-corrected chi connectivity index (χ3v) is 4.07. The van der Waals surface area contributed by atoms with Crippen molar-refractivity contribution in [2.45, 2.75) is 6.92 Å². The Balaban J connectivity index is 1.78. The second-order valence-corrected chi connectivity index (χ2v) is 5.69. The quantitative estimate of drug-likeness (QED) is 0.774. The van der Waals surface area contributed by atoms with Crippen molar-refractivity contribution in [3.05, 3.63) is 60.6 Å². The van der Waals surface area contributed by atoms with Gasteiger partial charge in [0.2, 0.25) is 0 Å². The second-order valence-electron chi connectivity index (χ2n) is 4.65. The van der Waals surface area contributed by atoms with Crippen LogP contribution in [0.15, 0.2) is 55.0 Å². The van der Waals surface area contributed by atoms with Gasteiger partial charge >= 0.3 is 0 Å². The lowest BCUT2D eigenvalue weighted by Crippen LogP contribution is -2.13. The molecule has 0 saturated carbocycles. The smallest absolute Gasteiger partial charge is 0.261 e. The number of benzene rings is 1. The zero-order valence-corrected chi connectivity index (χ0v) is 13.3. The largest absolute Gasteiger partial charge is 0.493 e. The van der Waals surface area contributed by atoms with Crippen LogP contribution in [0.25, 0.3) is 10.4 Å². The van der Waals surface area contributed by atoms with E-state index in [1.54, 1.807) is 36.8 Å². The van der Waals surface area contributed by atoms with Crippen LogP contribution in [-0.2, 0) is 0 Å². The van der Waals surface area contributed by atoms with Gasteiger partial charge in [-0.15, -0.1) is 0 Å². The van der Waals surface area contributed by atoms with Crippen LogP contribution in [0.4, 0.5) is 5.13 Å². The van der Waals surface area contributed by atoms with Gasteiger partial charge in [0.25, 0.3) is 5.91 Å². The van der Waals surface area contributed by atoms with Crippen molar-refractivity contribution in [1.29, 1.82) is 0 Å². The van der Waals surface area contributed by atoms with Crippen molar-refractivity contribution >= 4 is 22.4 Å². The number of carbonyl (C=O) groups excluding carboxylic acids is 1. The van der Waals surface area contributed by atoms with Crippen molar-refractivity contribution in [1.82, 2.24) is 9.97 Å². The number of thiazole rings is 1. The number of hydrogen-bond donors (Lipinski definition) is 1. The minimum absolute atomic E-state index is 0.235. The van der Waals surface area contributed by atoms with Crippen LogP contribution in [0.5, 0.6) is 5.75 Å². The van der Waals surface area contributed by atoms with E-state index in [0.29, 0.717) is 23.1 Å². The topological polar surface area (TPSA) is 64.1 Å². The number of rotatable bonds is 5. The van der Waals surface area contributed by atoms with E-state index in [1.165, 1.54) is 11.3 Å². The fourth-order valence-corrected chi connectivity index (χ4v) is 2.88. The van der Waals surface area contributed by atoms with Crippen molar-refractivity contribution < 1.29 is 9.53 Å². The van der Waals surface area contributed by atoms with E-state index >= 15 is 0 Å². The van der Waals surface area contributed by atoms with Gasteiger partial charge in [0.15, 0.2) is 5.13 Å². The summed E-state index contributed by atoms with van der Waals surface area (Å²) < 4.78 is 5.48. The highest BCUT2D eigenvalue weighted by molar-refractivity contribution is 7.19. The molecule has 0 aliphatic rings. The molecule has 1 N–H and O–H groups in total. The second kappa shape index (κ2) is 7.02. The van der Waals surface area contributed by atoms with Gasteiger partial charge in [-0.1, -0.05) is 29.5 Å². The molecule has 1 amide bonds. The number of nitrogens with one attached hydrogen (secondary N) is 1. The molecule has 3 rings (SSSR count). The van der Waals surface area contributed by atoms with E-state index in [0.717, 1.165) is 10.4 Å². The number of aromatic nitrogens is 2. The Kier molecular flexibility index (Phi) is 4.63. The minimum atomic E-state index is -0.235. The van der Waals surface area contributed by atoms with E-state index in [1.807, 2.05) is 25.1 Å². The SMILES string of the molecule is CCOc1ccccc1C(=O)Nc1ncc(-c2cccnc2)s1. The number of ether oxygens (including phenoxy) is 1. The summed E-state index contributed by atoms with van der Waals surface area (Å²) in [6.45, 7) is 2.39. The van der Waals surface area contributed by atoms with Gasteiger partial charge in [-0.2, -0.15) is 0 Å². The van der Waals surface area contributed by atoms with Crippen molar-refractivity contribution in [2.24, 2.45) is 0 Å². The van der Waals surface area contributed by atoms with Crippen molar-refractivity contribution in [2.75, 3.05) is 11.9 Å². The third kappa shape index (κ3) is 3.54. The molecule has 2 heterocycles. The van der Waals surface area contributed by atoms with E-state index < -0.39 is 0 Å². The summed E-state index contributed by atoms with van der Waals surface area (Å²) in [4.78, 5) is 21.7. The van der Waals surface area contributed by atoms with Gasteiger partial charge in [0.05, 0.1) is 17.0 Å². The molecule has 1 aromatic carbocycles. The molecule has 23 heavy (non-hydrogen) atoms. The van der Waals surface area contributed by atoms with Crippen LogP contribution < -0.4 is 10.1 Å². The molecule has 2 aromatic heterocycles. The molecule has 116 valence electrons. The molecule has 3 aromatic rings. The Morgan fingerprint density at radius 3 is 2.87 bits per heavy atom. The summed E-state index contributed by atoms with van der Waals surface area (Å²) in [5, 5.41) is 3.36. The lowest BCUT2D eigenvalue weighted by molar-refractivity contribution is 0.102. The maximum atomic E-state index is 12.4. The van der Waals surface area contributed by atoms with Gasteiger partial charge in [-0.25, -0.2) is 4.98 Å². The third-order valence-electron chi connectivity index (χ3n) is 3.10. The summed E-state index contributed by atoms with van der Waals surface area (Å²) in [6.07, 6.45) is 5.22. The summed E-state index contributed by atoms with van der Waals surface area (Å²) in [7, 11) is 0. The molecular formula is C17H15N3O2S. The standard InChI is InChI=1S/C17H15N3O2S/c1-2-22-14-8-4-3-7-13(14)16(21)20-17-19-11-15(23-17)12-6-5-9-18-10-12/h3-11H,2H2,1H3,(H,19,20,21). The number of para-hydroxylation sites is 1. The van der Waals surface area contributed by atoms with Crippen LogP contribution in [0.3, 0.4) is 0 Å². The predicted octanol–water partition coefficient (Wildman–Crippen LogP) is 3.86. The van der Waals surface area contributed by atoms with E-state index in [4.69, 9.17) is 4.74 Å². The summed E-state index contributed by atoms with van der Waals surface area (Å²) in [5.41, 5.74) is 1.47. The molecule has 0 aliphatic heterocycles. The number of amides is 1. The Hall–Kier alpha value is -2.73. The molecule has 0 aliphatic carbocycles. The van der Waals surface area contributed by atoms with Crippen molar-refractivity contribution in [3.8, 4) is 16.2 Å². The summed E-state index contributed by atoms with van der Waals surface area (Å²) in [5.74, 6) is 0.331. The highest BCUT2D eigenvalue weighted by Gasteiger charge is 2.14. The number of hydrogen-bond acceptors (Lipinski definition) is 5. The molecule has 6 heteroatoms. The number of anilines is 1. The first-order valence-electron chi connectivity index (χ1n) is 7.17. The van der Waals surface area contributed by atoms with Gasteiger partial charge in [0.1, 0.15) is 5.75 Å². The van der Waals surface area contributed by atoms with E-state index in [-0.39, 0.29) is 5.91 Å². The Bertz CT molecular complexity index is 802. The fraction of sp³-hybridized carbons (Fsp3) is 0.118. The zero-order valence-electron chi connectivity index (χ0n) is 12.5. The van der Waals surface area contributed by atoms with E-state index in [2.05, 4.69) is 15.3 Å². The van der Waals surface area contributed by atoms with Gasteiger partial charge in [0, 0.05) is 24.2 Å². The normalized spacial score (nSPS) is 10.3. The first kappa shape index (κ1) is 15.2. The van der Waals surface area contributed by atoms with Crippen LogP contribution in [0.2, 0.25) is 0 Å². The predicted molar refractivity (Wildman–Crippen MR) is 90.9 cm³/mol. The Morgan fingerprint density at radius 1 is 1.22 bits per heavy atom. The highest BCUT2D eigenvalue weighted by atomic mass is 32.1. The first-order valence-corrected chi connectivity index (χ1v) is 7.99. The average molecular weight is 325 g/mol. The highest BCUT2D eigenvalue weighted by Crippen LogP contribution is 2.29. The molecule has 0 atom stereocenters. The molecule has 0 saturated heterocycles. The summed E-state index contributed by atoms with van der Waals surface area (Å²) >= 11 is 1.40. The van der Waals surface area contributed by atoms with Crippen LogP contribution >= 0.6 is 11.3 Å². The van der Waals surface area contributed by atoms with Gasteiger partial charge in [-0.3, -0.25) is 15.1 Å². The maximum Gasteiger partial charge on any atom is 0.261 e. The van der Waals surface area contributed by atoms with Gasteiger partial charge in [-0.05, 0) is 25.1 Å². The van der Waals surface area contributed by atoms with Crippen LogP contribution in [-0.4, -0.2) is 22.5 Å². The van der Waals surface area contributed by atoms with Crippen LogP contribution in [0, 0.1) is 0 Å². The monoisotopic (exact) mass is 325 g/mol. The lowest BCUT2D eigenvalue weighted by Gasteiger charge is -2.08.